The van der Waals surface area contributed by atoms with Crippen LogP contribution in [0.25, 0.3) is 0 Å². The summed E-state index contributed by atoms with van der Waals surface area (Å²) in [6, 6.07) is 6.89. The average molecular weight is 252 g/mol. The van der Waals surface area contributed by atoms with E-state index in [4.69, 9.17) is 0 Å². The van der Waals surface area contributed by atoms with Gasteiger partial charge >= 0.3 is 0 Å². The molecule has 0 aliphatic carbocycles. The molecule has 0 saturated heterocycles. The molecular weight excluding hydrogens is 231 g/mol. The van der Waals surface area contributed by atoms with E-state index in [9.17, 15) is 9.18 Å². The molecule has 0 saturated carbocycles. The van der Waals surface area contributed by atoms with Crippen LogP contribution in [-0.4, -0.2) is 25.5 Å². The first-order chi connectivity index (χ1) is 8.61. The van der Waals surface area contributed by atoms with Gasteiger partial charge < -0.3 is 10.6 Å². The van der Waals surface area contributed by atoms with Gasteiger partial charge in [-0.1, -0.05) is 12.1 Å². The molecule has 0 bridgehead atoms. The second kappa shape index (κ2) is 7.82. The number of hydrogen-bond acceptors (Lipinski definition) is 2. The van der Waals surface area contributed by atoms with Crippen LogP contribution in [0.2, 0.25) is 0 Å². The van der Waals surface area contributed by atoms with E-state index in [1.807, 2.05) is 0 Å². The molecule has 1 amide bonds. The maximum atomic E-state index is 12.7. The Morgan fingerprint density at radius 2 is 2.00 bits per heavy atom. The van der Waals surface area contributed by atoms with Crippen molar-refractivity contribution in [1.82, 2.24) is 10.6 Å². The Kier molecular flexibility index (Phi) is 6.36. The van der Waals surface area contributed by atoms with Gasteiger partial charge in [0.2, 0.25) is 5.91 Å². The Morgan fingerprint density at radius 1 is 1.33 bits per heavy atom. The highest BCUT2D eigenvalue weighted by Crippen LogP contribution is 2.05. The van der Waals surface area contributed by atoms with Crippen LogP contribution in [0.4, 0.5) is 4.39 Å². The number of rotatable bonds is 7. The smallest absolute Gasteiger partial charge is 0.219 e. The lowest BCUT2D eigenvalue weighted by atomic mass is 10.1. The summed E-state index contributed by atoms with van der Waals surface area (Å²) in [7, 11) is 1.65. The quantitative estimate of drug-likeness (QED) is 0.727. The molecule has 1 aromatic rings. The number of amides is 1. The molecule has 3 nitrogen and oxygen atoms in total. The number of halogens is 1. The second-order valence-electron chi connectivity index (χ2n) is 4.46. The molecule has 0 aliphatic heterocycles. The van der Waals surface area contributed by atoms with Gasteiger partial charge in [-0.3, -0.25) is 4.79 Å². The van der Waals surface area contributed by atoms with E-state index in [-0.39, 0.29) is 11.7 Å². The fourth-order valence-electron chi connectivity index (χ4n) is 1.77. The minimum atomic E-state index is -0.204. The molecule has 2 N–H and O–H groups in total. The predicted molar refractivity (Wildman–Crippen MR) is 70.9 cm³/mol. The van der Waals surface area contributed by atoms with Crippen LogP contribution in [-0.2, 0) is 11.2 Å². The van der Waals surface area contributed by atoms with Gasteiger partial charge in [0.25, 0.3) is 0 Å². The summed E-state index contributed by atoms with van der Waals surface area (Å²) >= 11 is 0. The maximum Gasteiger partial charge on any atom is 0.219 e. The van der Waals surface area contributed by atoms with Gasteiger partial charge in [0.05, 0.1) is 0 Å². The van der Waals surface area contributed by atoms with Crippen LogP contribution >= 0.6 is 0 Å². The van der Waals surface area contributed by atoms with Gasteiger partial charge in [0.15, 0.2) is 0 Å². The maximum absolute atomic E-state index is 12.7. The number of benzene rings is 1. The molecule has 0 spiro atoms. The standard InChI is InChI=1S/C14H21FN2O/c1-11(17-9-3-4-14(18)16-2)10-12-5-7-13(15)8-6-12/h5-8,11,17H,3-4,9-10H2,1-2H3,(H,16,18). The SMILES string of the molecule is CNC(=O)CCCNC(C)Cc1ccc(F)cc1. The zero-order valence-corrected chi connectivity index (χ0v) is 11.0. The minimum Gasteiger partial charge on any atom is -0.359 e. The summed E-state index contributed by atoms with van der Waals surface area (Å²) in [5, 5.41) is 5.95. The minimum absolute atomic E-state index is 0.0722. The fourth-order valence-corrected chi connectivity index (χ4v) is 1.77. The lowest BCUT2D eigenvalue weighted by Crippen LogP contribution is -2.30. The topological polar surface area (TPSA) is 41.1 Å². The van der Waals surface area contributed by atoms with Gasteiger partial charge in [-0.15, -0.1) is 0 Å². The molecule has 1 rings (SSSR count). The normalized spacial score (nSPS) is 12.2. The van der Waals surface area contributed by atoms with E-state index in [0.29, 0.717) is 12.5 Å². The van der Waals surface area contributed by atoms with Crippen molar-refractivity contribution >= 4 is 5.91 Å². The highest BCUT2D eigenvalue weighted by molar-refractivity contribution is 5.75. The first-order valence-corrected chi connectivity index (χ1v) is 6.30. The van der Waals surface area contributed by atoms with E-state index in [0.717, 1.165) is 24.9 Å². The summed E-state index contributed by atoms with van der Waals surface area (Å²) in [5.41, 5.74) is 1.11. The van der Waals surface area contributed by atoms with Crippen molar-refractivity contribution in [1.29, 1.82) is 0 Å². The van der Waals surface area contributed by atoms with Gasteiger partial charge in [-0.2, -0.15) is 0 Å². The summed E-state index contributed by atoms with van der Waals surface area (Å²) in [6.07, 6.45) is 2.24. The van der Waals surface area contributed by atoms with Crippen molar-refractivity contribution in [3.63, 3.8) is 0 Å². The summed E-state index contributed by atoms with van der Waals surface area (Å²) in [6.45, 7) is 2.90. The summed E-state index contributed by atoms with van der Waals surface area (Å²) < 4.78 is 12.7. The molecule has 0 aromatic heterocycles. The monoisotopic (exact) mass is 252 g/mol. The van der Waals surface area contributed by atoms with Crippen molar-refractivity contribution in [2.45, 2.75) is 32.2 Å². The lowest BCUT2D eigenvalue weighted by molar-refractivity contribution is -0.120. The molecule has 18 heavy (non-hydrogen) atoms. The molecule has 0 radical (unpaired) electrons. The van der Waals surface area contributed by atoms with Crippen molar-refractivity contribution in [3.05, 3.63) is 35.6 Å². The van der Waals surface area contributed by atoms with Gasteiger partial charge in [-0.05, 0) is 44.0 Å². The largest absolute Gasteiger partial charge is 0.359 e. The fraction of sp³-hybridized carbons (Fsp3) is 0.500. The Labute approximate surface area is 108 Å². The number of carbonyl (C=O) groups is 1. The van der Waals surface area contributed by atoms with Crippen LogP contribution in [0.1, 0.15) is 25.3 Å². The third-order valence-electron chi connectivity index (χ3n) is 2.81. The molecule has 100 valence electrons. The molecular formula is C14H21FN2O. The average Bonchev–Trinajstić information content (AvgIpc) is 2.37. The Morgan fingerprint density at radius 3 is 2.61 bits per heavy atom. The van der Waals surface area contributed by atoms with Crippen LogP contribution < -0.4 is 10.6 Å². The van der Waals surface area contributed by atoms with E-state index in [1.165, 1.54) is 12.1 Å². The third-order valence-corrected chi connectivity index (χ3v) is 2.81. The van der Waals surface area contributed by atoms with E-state index in [1.54, 1.807) is 19.2 Å². The molecule has 0 aliphatic rings. The van der Waals surface area contributed by atoms with Gasteiger partial charge in [0.1, 0.15) is 5.82 Å². The van der Waals surface area contributed by atoms with Crippen molar-refractivity contribution in [2.75, 3.05) is 13.6 Å². The number of carbonyl (C=O) groups excluding carboxylic acids is 1. The Bertz CT molecular complexity index is 365. The molecule has 0 fully saturated rings. The Hall–Kier alpha value is -1.42. The molecule has 1 aromatic carbocycles. The summed E-state index contributed by atoms with van der Waals surface area (Å²) in [5.74, 6) is -0.132. The van der Waals surface area contributed by atoms with Gasteiger partial charge in [-0.25, -0.2) is 4.39 Å². The first kappa shape index (κ1) is 14.6. The first-order valence-electron chi connectivity index (χ1n) is 6.30. The van der Waals surface area contributed by atoms with Crippen molar-refractivity contribution in [3.8, 4) is 0 Å². The van der Waals surface area contributed by atoms with Gasteiger partial charge in [0, 0.05) is 19.5 Å². The van der Waals surface area contributed by atoms with E-state index >= 15 is 0 Å². The third kappa shape index (κ3) is 5.77. The highest BCUT2D eigenvalue weighted by atomic mass is 19.1. The van der Waals surface area contributed by atoms with E-state index in [2.05, 4.69) is 17.6 Å². The van der Waals surface area contributed by atoms with Crippen molar-refractivity contribution in [2.24, 2.45) is 0 Å². The zero-order valence-electron chi connectivity index (χ0n) is 11.0. The van der Waals surface area contributed by atoms with Crippen LogP contribution in [0, 0.1) is 5.82 Å². The summed E-state index contributed by atoms with van der Waals surface area (Å²) in [4.78, 5) is 11.0. The molecule has 4 heteroatoms. The number of hydrogen-bond donors (Lipinski definition) is 2. The second-order valence-corrected chi connectivity index (χ2v) is 4.46. The van der Waals surface area contributed by atoms with E-state index < -0.39 is 0 Å². The predicted octanol–water partition coefficient (Wildman–Crippen LogP) is 1.87. The van der Waals surface area contributed by atoms with Crippen LogP contribution in [0.5, 0.6) is 0 Å². The zero-order chi connectivity index (χ0) is 13.4. The van der Waals surface area contributed by atoms with Crippen LogP contribution in [0.15, 0.2) is 24.3 Å². The Balaban J connectivity index is 2.19. The molecule has 1 unspecified atom stereocenters. The van der Waals surface area contributed by atoms with Crippen molar-refractivity contribution < 1.29 is 9.18 Å². The van der Waals surface area contributed by atoms with Crippen LogP contribution in [0.3, 0.4) is 0 Å². The number of nitrogens with one attached hydrogen (secondary N) is 2. The molecule has 1 atom stereocenters. The highest BCUT2D eigenvalue weighted by Gasteiger charge is 2.04. The lowest BCUT2D eigenvalue weighted by Gasteiger charge is -2.13. The molecule has 0 heterocycles.